The average molecular weight is 277 g/mol. The Hall–Kier alpha value is -1.62. The second kappa shape index (κ2) is 6.52. The van der Waals surface area contributed by atoms with E-state index in [0.717, 1.165) is 17.7 Å². The summed E-state index contributed by atoms with van der Waals surface area (Å²) in [5, 5.41) is 9.30. The molecule has 1 amide bonds. The van der Waals surface area contributed by atoms with Crippen molar-refractivity contribution in [3.05, 3.63) is 23.7 Å². The lowest BCUT2D eigenvalue weighted by Crippen LogP contribution is -2.28. The Balaban J connectivity index is 1.82. The number of nitrogens with one attached hydrogen (secondary N) is 2. The van der Waals surface area contributed by atoms with Crippen molar-refractivity contribution in [2.24, 2.45) is 5.92 Å². The fourth-order valence-corrected chi connectivity index (χ4v) is 2.52. The number of fused-ring (bicyclic) bond motifs is 1. The van der Waals surface area contributed by atoms with E-state index in [0.29, 0.717) is 18.9 Å². The van der Waals surface area contributed by atoms with Crippen molar-refractivity contribution in [2.75, 3.05) is 18.4 Å². The molecule has 2 aromatic heterocycles. The van der Waals surface area contributed by atoms with Crippen LogP contribution in [0.15, 0.2) is 23.7 Å². The van der Waals surface area contributed by atoms with Gasteiger partial charge in [0.05, 0.1) is 0 Å². The summed E-state index contributed by atoms with van der Waals surface area (Å²) in [6.07, 6.45) is 2.26. The first kappa shape index (κ1) is 13.8. The first-order valence-corrected chi connectivity index (χ1v) is 7.37. The van der Waals surface area contributed by atoms with Gasteiger partial charge in [0.15, 0.2) is 0 Å². The van der Waals surface area contributed by atoms with Crippen LogP contribution < -0.4 is 10.6 Å². The van der Waals surface area contributed by atoms with Gasteiger partial charge in [-0.2, -0.15) is 0 Å². The summed E-state index contributed by atoms with van der Waals surface area (Å²) < 4.78 is 1.21. The summed E-state index contributed by atoms with van der Waals surface area (Å²) in [5.74, 6) is 1.42. The zero-order valence-corrected chi connectivity index (χ0v) is 12.1. The number of aromatic nitrogens is 1. The van der Waals surface area contributed by atoms with E-state index in [4.69, 9.17) is 0 Å². The number of anilines is 1. The first-order chi connectivity index (χ1) is 9.16. The number of thiophene rings is 1. The highest BCUT2D eigenvalue weighted by Gasteiger charge is 2.05. The monoisotopic (exact) mass is 277 g/mol. The molecule has 0 fully saturated rings. The van der Waals surface area contributed by atoms with Crippen LogP contribution >= 0.6 is 11.3 Å². The maximum absolute atomic E-state index is 11.6. The highest BCUT2D eigenvalue weighted by atomic mass is 32.1. The molecule has 0 aliphatic heterocycles. The summed E-state index contributed by atoms with van der Waals surface area (Å²) in [7, 11) is 0. The Kier molecular flexibility index (Phi) is 4.74. The second-order valence-corrected chi connectivity index (χ2v) is 5.81. The summed E-state index contributed by atoms with van der Waals surface area (Å²) in [4.78, 5) is 15.9. The van der Waals surface area contributed by atoms with Crippen LogP contribution in [0.25, 0.3) is 10.1 Å². The Bertz CT molecular complexity index is 550. The normalized spacial score (nSPS) is 10.9. The summed E-state index contributed by atoms with van der Waals surface area (Å²) in [6, 6.07) is 4.05. The number of rotatable bonds is 6. The Morgan fingerprint density at radius 2 is 2.26 bits per heavy atom. The lowest BCUT2D eigenvalue weighted by Gasteiger charge is -2.09. The molecule has 102 valence electrons. The number of hydrogen-bond donors (Lipinski definition) is 2. The first-order valence-electron chi connectivity index (χ1n) is 6.49. The second-order valence-electron chi connectivity index (χ2n) is 4.87. The summed E-state index contributed by atoms with van der Waals surface area (Å²) >= 11 is 1.69. The van der Waals surface area contributed by atoms with Crippen LogP contribution in [0, 0.1) is 5.92 Å². The third-order valence-corrected chi connectivity index (χ3v) is 3.61. The molecule has 0 spiro atoms. The Morgan fingerprint density at radius 3 is 3.05 bits per heavy atom. The van der Waals surface area contributed by atoms with E-state index in [1.165, 1.54) is 4.70 Å². The van der Waals surface area contributed by atoms with Crippen LogP contribution in [0.1, 0.15) is 20.3 Å². The third kappa shape index (κ3) is 3.92. The van der Waals surface area contributed by atoms with Crippen LogP contribution in [-0.2, 0) is 4.79 Å². The third-order valence-electron chi connectivity index (χ3n) is 2.73. The van der Waals surface area contributed by atoms with Crippen LogP contribution in [0.4, 0.5) is 5.82 Å². The zero-order chi connectivity index (χ0) is 13.7. The predicted octanol–water partition coefficient (Wildman–Crippen LogP) is 2.87. The van der Waals surface area contributed by atoms with Gasteiger partial charge in [-0.1, -0.05) is 13.8 Å². The minimum Gasteiger partial charge on any atom is -0.369 e. The Labute approximate surface area is 117 Å². The molecule has 0 aromatic carbocycles. The van der Waals surface area contributed by atoms with Gasteiger partial charge in [0.1, 0.15) is 5.82 Å². The topological polar surface area (TPSA) is 54.0 Å². The van der Waals surface area contributed by atoms with Gasteiger partial charge >= 0.3 is 0 Å². The molecule has 0 unspecified atom stereocenters. The van der Waals surface area contributed by atoms with Crippen LogP contribution in [0.5, 0.6) is 0 Å². The predicted molar refractivity (Wildman–Crippen MR) is 80.6 cm³/mol. The SMILES string of the molecule is CC(C)CNC(=O)CCNc1nccc2sccc12. The van der Waals surface area contributed by atoms with E-state index in [2.05, 4.69) is 29.5 Å². The van der Waals surface area contributed by atoms with Gasteiger partial charge in [-0.25, -0.2) is 4.98 Å². The molecule has 4 nitrogen and oxygen atoms in total. The van der Waals surface area contributed by atoms with Gasteiger partial charge < -0.3 is 10.6 Å². The van der Waals surface area contributed by atoms with Crippen LogP contribution in [-0.4, -0.2) is 24.0 Å². The molecule has 19 heavy (non-hydrogen) atoms. The molecule has 2 N–H and O–H groups in total. The molecule has 5 heteroatoms. The number of carbonyl (C=O) groups excluding carboxylic acids is 1. The number of pyridine rings is 1. The largest absolute Gasteiger partial charge is 0.369 e. The van der Waals surface area contributed by atoms with Crippen molar-refractivity contribution in [2.45, 2.75) is 20.3 Å². The van der Waals surface area contributed by atoms with Crippen molar-refractivity contribution in [1.82, 2.24) is 10.3 Å². The number of amides is 1. The summed E-state index contributed by atoms with van der Waals surface area (Å²) in [5.41, 5.74) is 0. The fourth-order valence-electron chi connectivity index (χ4n) is 1.74. The van der Waals surface area contributed by atoms with E-state index in [-0.39, 0.29) is 5.91 Å². The van der Waals surface area contributed by atoms with Crippen molar-refractivity contribution in [3.63, 3.8) is 0 Å². The average Bonchev–Trinajstić information content (AvgIpc) is 2.85. The van der Waals surface area contributed by atoms with Crippen molar-refractivity contribution in [1.29, 1.82) is 0 Å². The van der Waals surface area contributed by atoms with Crippen molar-refractivity contribution < 1.29 is 4.79 Å². The van der Waals surface area contributed by atoms with Crippen LogP contribution in [0.2, 0.25) is 0 Å². The summed E-state index contributed by atoms with van der Waals surface area (Å²) in [6.45, 7) is 5.50. The number of hydrogen-bond acceptors (Lipinski definition) is 4. The lowest BCUT2D eigenvalue weighted by atomic mass is 10.2. The van der Waals surface area contributed by atoms with E-state index in [1.54, 1.807) is 17.5 Å². The van der Waals surface area contributed by atoms with E-state index < -0.39 is 0 Å². The molecule has 2 rings (SSSR count). The maximum atomic E-state index is 11.6. The quantitative estimate of drug-likeness (QED) is 0.853. The van der Waals surface area contributed by atoms with Gasteiger partial charge in [-0.15, -0.1) is 11.3 Å². The molecule has 0 aliphatic carbocycles. The minimum absolute atomic E-state index is 0.0821. The van der Waals surface area contributed by atoms with Crippen LogP contribution in [0.3, 0.4) is 0 Å². The van der Waals surface area contributed by atoms with Gasteiger partial charge in [0.25, 0.3) is 0 Å². The van der Waals surface area contributed by atoms with E-state index in [1.807, 2.05) is 17.5 Å². The highest BCUT2D eigenvalue weighted by molar-refractivity contribution is 7.17. The Morgan fingerprint density at radius 1 is 1.42 bits per heavy atom. The molecule has 0 aliphatic rings. The van der Waals surface area contributed by atoms with Gasteiger partial charge in [-0.3, -0.25) is 4.79 Å². The smallest absolute Gasteiger partial charge is 0.221 e. The van der Waals surface area contributed by atoms with E-state index >= 15 is 0 Å². The maximum Gasteiger partial charge on any atom is 0.221 e. The molecular weight excluding hydrogens is 258 g/mol. The molecule has 0 saturated carbocycles. The van der Waals surface area contributed by atoms with Crippen molar-refractivity contribution >= 4 is 33.1 Å². The van der Waals surface area contributed by atoms with Crippen molar-refractivity contribution in [3.8, 4) is 0 Å². The molecule has 0 saturated heterocycles. The number of carbonyl (C=O) groups is 1. The minimum atomic E-state index is 0.0821. The van der Waals surface area contributed by atoms with Gasteiger partial charge in [-0.05, 0) is 23.4 Å². The molecular formula is C14H19N3OS. The highest BCUT2D eigenvalue weighted by Crippen LogP contribution is 2.25. The number of nitrogens with zero attached hydrogens (tertiary/aromatic N) is 1. The zero-order valence-electron chi connectivity index (χ0n) is 11.3. The molecule has 0 atom stereocenters. The molecule has 0 radical (unpaired) electrons. The lowest BCUT2D eigenvalue weighted by molar-refractivity contribution is -0.120. The molecule has 0 bridgehead atoms. The van der Waals surface area contributed by atoms with Gasteiger partial charge in [0.2, 0.25) is 5.91 Å². The fraction of sp³-hybridized carbons (Fsp3) is 0.429. The molecule has 2 aromatic rings. The van der Waals surface area contributed by atoms with Gasteiger partial charge in [0, 0.05) is 35.8 Å². The standard InChI is InChI=1S/C14H19N3OS/c1-10(2)9-17-13(18)4-7-16-14-11-5-8-19-12(11)3-6-15-14/h3,5-6,8,10H,4,7,9H2,1-2H3,(H,15,16)(H,17,18). The van der Waals surface area contributed by atoms with E-state index in [9.17, 15) is 4.79 Å². The molecule has 2 heterocycles.